The average molecular weight is 337 g/mol. The Balaban J connectivity index is 1.52. The maximum Gasteiger partial charge on any atom is 0.132 e. The number of nitrogens with zero attached hydrogens (tertiary/aromatic N) is 3. The van der Waals surface area contributed by atoms with Crippen molar-refractivity contribution in [3.63, 3.8) is 0 Å². The fourth-order valence-electron chi connectivity index (χ4n) is 4.11. The molecule has 2 aliphatic carbocycles. The number of pyridine rings is 1. The Hall–Kier alpha value is -1.86. The van der Waals surface area contributed by atoms with Gasteiger partial charge in [-0.3, -0.25) is 0 Å². The van der Waals surface area contributed by atoms with E-state index in [0.29, 0.717) is 34.7 Å². The first-order valence-electron chi connectivity index (χ1n) is 9.39. The summed E-state index contributed by atoms with van der Waals surface area (Å²) >= 11 is 0. The van der Waals surface area contributed by atoms with Crippen LogP contribution < -0.4 is 4.90 Å². The van der Waals surface area contributed by atoms with E-state index in [4.69, 9.17) is 9.72 Å². The second-order valence-corrected chi connectivity index (χ2v) is 8.37. The van der Waals surface area contributed by atoms with E-state index in [9.17, 15) is 5.26 Å². The quantitative estimate of drug-likeness (QED) is 0.815. The van der Waals surface area contributed by atoms with Crippen molar-refractivity contribution >= 4 is 11.9 Å². The van der Waals surface area contributed by atoms with Gasteiger partial charge in [-0.1, -0.05) is 13.5 Å². The van der Waals surface area contributed by atoms with E-state index in [2.05, 4.69) is 31.4 Å². The zero-order valence-corrected chi connectivity index (χ0v) is 15.5. The van der Waals surface area contributed by atoms with E-state index in [-0.39, 0.29) is 0 Å². The van der Waals surface area contributed by atoms with Crippen LogP contribution in [0.3, 0.4) is 0 Å². The van der Waals surface area contributed by atoms with E-state index >= 15 is 0 Å². The van der Waals surface area contributed by atoms with Crippen molar-refractivity contribution in [2.75, 3.05) is 18.1 Å². The molecule has 1 aromatic heterocycles. The molecule has 25 heavy (non-hydrogen) atoms. The Morgan fingerprint density at radius 2 is 2.16 bits per heavy atom. The molecular weight excluding hydrogens is 310 g/mol. The Kier molecular flexibility index (Phi) is 3.88. The average Bonchev–Trinajstić information content (AvgIpc) is 3.52. The molecule has 3 fully saturated rings. The Morgan fingerprint density at radius 3 is 2.80 bits per heavy atom. The summed E-state index contributed by atoms with van der Waals surface area (Å²) in [6, 6.07) is 2.82. The zero-order valence-electron chi connectivity index (χ0n) is 15.5. The van der Waals surface area contributed by atoms with Crippen LogP contribution >= 0.6 is 0 Å². The molecule has 3 aliphatic rings. The van der Waals surface area contributed by atoms with Crippen LogP contribution in [-0.2, 0) is 4.74 Å². The van der Waals surface area contributed by atoms with Crippen LogP contribution in [-0.4, -0.2) is 30.3 Å². The molecule has 0 spiro atoms. The molecule has 132 valence electrons. The maximum absolute atomic E-state index is 9.41. The molecule has 0 N–H and O–H groups in total. The van der Waals surface area contributed by atoms with Gasteiger partial charge in [-0.15, -0.1) is 0 Å². The molecule has 1 aromatic rings. The predicted molar refractivity (Wildman–Crippen MR) is 99.5 cm³/mol. The van der Waals surface area contributed by atoms with Crippen molar-refractivity contribution in [1.82, 2.24) is 4.98 Å². The van der Waals surface area contributed by atoms with Gasteiger partial charge < -0.3 is 9.64 Å². The van der Waals surface area contributed by atoms with Crippen LogP contribution in [0.4, 0.5) is 5.82 Å². The van der Waals surface area contributed by atoms with E-state index in [1.807, 2.05) is 6.92 Å². The number of fused-ring (bicyclic) bond motifs is 1. The zero-order chi connectivity index (χ0) is 17.8. The van der Waals surface area contributed by atoms with E-state index < -0.39 is 0 Å². The SMILES string of the molecule is C=Cc1nc(N2CCC(OCC3(C)CC3)C3CC32)c(C)c(C)c1C#N. The number of aromatic nitrogens is 1. The molecular formula is C21H27N3O. The largest absolute Gasteiger partial charge is 0.377 e. The molecule has 4 heteroatoms. The smallest absolute Gasteiger partial charge is 0.132 e. The molecule has 2 saturated carbocycles. The molecule has 0 amide bonds. The molecule has 0 bridgehead atoms. The van der Waals surface area contributed by atoms with Crippen LogP contribution in [0, 0.1) is 36.5 Å². The normalized spacial score (nSPS) is 28.9. The van der Waals surface area contributed by atoms with Gasteiger partial charge in [0, 0.05) is 18.5 Å². The van der Waals surface area contributed by atoms with E-state index in [0.717, 1.165) is 36.5 Å². The lowest BCUT2D eigenvalue weighted by Crippen LogP contribution is -2.40. The first-order chi connectivity index (χ1) is 12.0. The van der Waals surface area contributed by atoms with Gasteiger partial charge in [-0.25, -0.2) is 4.98 Å². The van der Waals surface area contributed by atoms with Gasteiger partial charge in [0.25, 0.3) is 0 Å². The molecule has 4 nitrogen and oxygen atoms in total. The topological polar surface area (TPSA) is 49.2 Å². The lowest BCUT2D eigenvalue weighted by molar-refractivity contribution is 0.00311. The van der Waals surface area contributed by atoms with E-state index in [1.165, 1.54) is 19.3 Å². The van der Waals surface area contributed by atoms with Crippen LogP contribution in [0.15, 0.2) is 6.58 Å². The molecule has 3 unspecified atom stereocenters. The number of piperidine rings is 1. The van der Waals surface area contributed by atoms with Gasteiger partial charge in [0.05, 0.1) is 24.0 Å². The summed E-state index contributed by atoms with van der Waals surface area (Å²) in [7, 11) is 0. The Bertz CT molecular complexity index is 759. The number of anilines is 1. The molecule has 1 aliphatic heterocycles. The van der Waals surface area contributed by atoms with Gasteiger partial charge in [0.15, 0.2) is 0 Å². The summed E-state index contributed by atoms with van der Waals surface area (Å²) in [4.78, 5) is 7.23. The summed E-state index contributed by atoms with van der Waals surface area (Å²) in [5, 5.41) is 9.41. The summed E-state index contributed by atoms with van der Waals surface area (Å²) in [5.41, 5.74) is 3.97. The first kappa shape index (κ1) is 16.6. The van der Waals surface area contributed by atoms with Crippen molar-refractivity contribution in [3.8, 4) is 6.07 Å². The summed E-state index contributed by atoms with van der Waals surface area (Å²) in [5.74, 6) is 1.67. The number of rotatable bonds is 5. The monoisotopic (exact) mass is 337 g/mol. The fraction of sp³-hybridized carbons (Fsp3) is 0.619. The van der Waals surface area contributed by atoms with Crippen molar-refractivity contribution in [2.45, 2.75) is 58.6 Å². The number of hydrogen-bond donors (Lipinski definition) is 0. The van der Waals surface area contributed by atoms with Crippen LogP contribution in [0.5, 0.6) is 0 Å². The molecule has 3 atom stereocenters. The van der Waals surface area contributed by atoms with Gasteiger partial charge >= 0.3 is 0 Å². The second-order valence-electron chi connectivity index (χ2n) is 8.37. The number of ether oxygens (including phenoxy) is 1. The van der Waals surface area contributed by atoms with Gasteiger partial charge in [-0.2, -0.15) is 5.26 Å². The van der Waals surface area contributed by atoms with Crippen LogP contribution in [0.2, 0.25) is 0 Å². The van der Waals surface area contributed by atoms with Gasteiger partial charge in [0.2, 0.25) is 0 Å². The minimum atomic E-state index is 0.414. The van der Waals surface area contributed by atoms with Crippen molar-refractivity contribution in [1.29, 1.82) is 5.26 Å². The molecule has 1 saturated heterocycles. The standard InChI is InChI=1S/C21H27N3O/c1-5-17-16(11-22)13(2)14(3)20(23-17)24-9-6-19(15-10-18(15)24)25-12-21(4)7-8-21/h5,15,18-19H,1,6-10,12H2,2-4H3. The third-order valence-electron chi connectivity index (χ3n) is 6.42. The number of hydrogen-bond acceptors (Lipinski definition) is 4. The molecule has 4 rings (SSSR count). The van der Waals surface area contributed by atoms with Crippen molar-refractivity contribution < 1.29 is 4.74 Å². The fourth-order valence-corrected chi connectivity index (χ4v) is 4.11. The number of nitriles is 1. The highest BCUT2D eigenvalue weighted by Crippen LogP contribution is 2.49. The highest BCUT2D eigenvalue weighted by atomic mass is 16.5. The summed E-state index contributed by atoms with van der Waals surface area (Å²) in [6.07, 6.45) is 7.02. The second kappa shape index (κ2) is 5.85. The highest BCUT2D eigenvalue weighted by Gasteiger charge is 2.52. The third-order valence-corrected chi connectivity index (χ3v) is 6.42. The van der Waals surface area contributed by atoms with E-state index in [1.54, 1.807) is 6.08 Å². The lowest BCUT2D eigenvalue weighted by atomic mass is 10.0. The molecule has 2 heterocycles. The predicted octanol–water partition coefficient (Wildman–Crippen LogP) is 4.00. The first-order valence-corrected chi connectivity index (χ1v) is 9.39. The highest BCUT2D eigenvalue weighted by molar-refractivity contribution is 5.64. The Labute approximate surface area is 150 Å². The van der Waals surface area contributed by atoms with Crippen LogP contribution in [0.25, 0.3) is 6.08 Å². The maximum atomic E-state index is 9.41. The molecule has 0 aromatic carbocycles. The van der Waals surface area contributed by atoms with Crippen LogP contribution in [0.1, 0.15) is 55.0 Å². The van der Waals surface area contributed by atoms with Crippen molar-refractivity contribution in [3.05, 3.63) is 29.0 Å². The van der Waals surface area contributed by atoms with Gasteiger partial charge in [0.1, 0.15) is 11.9 Å². The minimum Gasteiger partial charge on any atom is -0.377 e. The minimum absolute atomic E-state index is 0.414. The third kappa shape index (κ3) is 2.85. The summed E-state index contributed by atoms with van der Waals surface area (Å²) in [6.45, 7) is 12.2. The lowest BCUT2D eigenvalue weighted by Gasteiger charge is -2.34. The van der Waals surface area contributed by atoms with Crippen molar-refractivity contribution in [2.24, 2.45) is 11.3 Å². The van der Waals surface area contributed by atoms with Gasteiger partial charge in [-0.05, 0) is 62.1 Å². The molecule has 0 radical (unpaired) electrons. The summed E-state index contributed by atoms with van der Waals surface area (Å²) < 4.78 is 6.28. The Morgan fingerprint density at radius 1 is 1.40 bits per heavy atom.